The van der Waals surface area contributed by atoms with E-state index in [4.69, 9.17) is 16.3 Å². The Morgan fingerprint density at radius 2 is 1.81 bits per heavy atom. The second kappa shape index (κ2) is 8.63. The van der Waals surface area contributed by atoms with Gasteiger partial charge in [0.15, 0.2) is 0 Å². The average molecular weight is 411 g/mol. The number of likely N-dealkylation sites (N-methyl/N-ethyl adjacent to an activating group) is 1. The van der Waals surface area contributed by atoms with Crippen LogP contribution in [0.4, 0.5) is 5.69 Å². The van der Waals surface area contributed by atoms with Gasteiger partial charge in [-0.3, -0.25) is 9.10 Å². The van der Waals surface area contributed by atoms with Crippen LogP contribution in [-0.2, 0) is 21.4 Å². The molecule has 0 unspecified atom stereocenters. The first kappa shape index (κ1) is 21.1. The highest BCUT2D eigenvalue weighted by Crippen LogP contribution is 2.31. The van der Waals surface area contributed by atoms with Crippen molar-refractivity contribution >= 4 is 33.2 Å². The fourth-order valence-electron chi connectivity index (χ4n) is 2.85. The number of anilines is 1. The van der Waals surface area contributed by atoms with Crippen molar-refractivity contribution in [3.63, 3.8) is 0 Å². The molecular weight excluding hydrogens is 388 g/mol. The summed E-state index contributed by atoms with van der Waals surface area (Å²) in [7, 11) is -0.600. The molecule has 0 radical (unpaired) electrons. The van der Waals surface area contributed by atoms with Crippen molar-refractivity contribution in [1.29, 1.82) is 0 Å². The lowest BCUT2D eigenvalue weighted by Gasteiger charge is -2.31. The third kappa shape index (κ3) is 5.14. The maximum atomic E-state index is 12.9. The van der Waals surface area contributed by atoms with Crippen LogP contribution in [0.25, 0.3) is 0 Å². The zero-order valence-electron chi connectivity index (χ0n) is 15.7. The highest BCUT2D eigenvalue weighted by Gasteiger charge is 2.31. The Labute approximate surface area is 165 Å². The molecule has 6 nitrogen and oxygen atoms in total. The van der Waals surface area contributed by atoms with E-state index >= 15 is 0 Å². The summed E-state index contributed by atoms with van der Waals surface area (Å²) >= 11 is 6.14. The largest absolute Gasteiger partial charge is 0.495 e. The molecule has 0 aliphatic heterocycles. The van der Waals surface area contributed by atoms with E-state index in [0.717, 1.165) is 16.1 Å². The normalized spacial score (nSPS) is 12.3. The lowest BCUT2D eigenvalue weighted by atomic mass is 10.2. The predicted octanol–water partition coefficient (Wildman–Crippen LogP) is 3.16. The van der Waals surface area contributed by atoms with Crippen LogP contribution in [0.3, 0.4) is 0 Å². The number of carbonyl (C=O) groups is 1. The van der Waals surface area contributed by atoms with Gasteiger partial charge in [0.05, 0.1) is 24.1 Å². The smallest absolute Gasteiger partial charge is 0.246 e. The van der Waals surface area contributed by atoms with Crippen LogP contribution in [0, 0.1) is 0 Å². The Morgan fingerprint density at radius 3 is 2.33 bits per heavy atom. The summed E-state index contributed by atoms with van der Waals surface area (Å²) < 4.78 is 31.0. The molecule has 0 aromatic heterocycles. The number of ether oxygens (including phenoxy) is 1. The molecule has 8 heteroatoms. The topological polar surface area (TPSA) is 66.9 Å². The van der Waals surface area contributed by atoms with Crippen molar-refractivity contribution in [1.82, 2.24) is 4.90 Å². The first-order chi connectivity index (χ1) is 12.6. The summed E-state index contributed by atoms with van der Waals surface area (Å²) in [6, 6.07) is 13.2. The fraction of sp³-hybridized carbons (Fsp3) is 0.316. The summed E-state index contributed by atoms with van der Waals surface area (Å²) in [5, 5.41) is 0.265. The van der Waals surface area contributed by atoms with E-state index < -0.39 is 16.1 Å². The van der Waals surface area contributed by atoms with Crippen molar-refractivity contribution in [2.75, 3.05) is 24.7 Å². The molecule has 1 amide bonds. The van der Waals surface area contributed by atoms with E-state index in [1.807, 2.05) is 30.3 Å². The highest BCUT2D eigenvalue weighted by molar-refractivity contribution is 7.92. The van der Waals surface area contributed by atoms with Crippen LogP contribution < -0.4 is 9.04 Å². The summed E-state index contributed by atoms with van der Waals surface area (Å²) in [5.74, 6) is 0.102. The molecule has 0 bridgehead atoms. The molecule has 0 N–H and O–H groups in total. The van der Waals surface area contributed by atoms with Crippen LogP contribution in [-0.4, -0.2) is 45.7 Å². The van der Waals surface area contributed by atoms with Gasteiger partial charge in [0.1, 0.15) is 11.8 Å². The van der Waals surface area contributed by atoms with Gasteiger partial charge in [-0.05, 0) is 30.7 Å². The van der Waals surface area contributed by atoms with Crippen LogP contribution in [0.1, 0.15) is 12.5 Å². The van der Waals surface area contributed by atoms with Gasteiger partial charge in [0.2, 0.25) is 15.9 Å². The molecule has 0 saturated heterocycles. The van der Waals surface area contributed by atoms with Gasteiger partial charge in [0, 0.05) is 13.6 Å². The number of hydrogen-bond acceptors (Lipinski definition) is 4. The van der Waals surface area contributed by atoms with Crippen LogP contribution in [0.5, 0.6) is 5.75 Å². The fourth-order valence-corrected chi connectivity index (χ4v) is 4.26. The molecule has 2 aromatic rings. The second-order valence-corrected chi connectivity index (χ2v) is 8.50. The van der Waals surface area contributed by atoms with Gasteiger partial charge in [-0.15, -0.1) is 0 Å². The quantitative estimate of drug-likeness (QED) is 0.703. The standard InChI is InChI=1S/C19H23ClN2O4S/c1-14(19(23)21(2)13-15-8-6-5-7-9-15)22(27(4,24)25)16-10-11-18(26-3)17(20)12-16/h5-12,14H,13H2,1-4H3/t14-/m1/s1. The monoisotopic (exact) mass is 410 g/mol. The Balaban J connectivity index is 2.30. The van der Waals surface area contributed by atoms with Gasteiger partial charge in [-0.25, -0.2) is 8.42 Å². The van der Waals surface area contributed by atoms with E-state index in [-0.39, 0.29) is 10.9 Å². The average Bonchev–Trinajstić information content (AvgIpc) is 2.61. The van der Waals surface area contributed by atoms with Gasteiger partial charge >= 0.3 is 0 Å². The lowest BCUT2D eigenvalue weighted by Crippen LogP contribution is -2.48. The number of rotatable bonds is 7. The minimum atomic E-state index is -3.72. The van der Waals surface area contributed by atoms with Crippen molar-refractivity contribution < 1.29 is 17.9 Å². The number of amides is 1. The minimum Gasteiger partial charge on any atom is -0.495 e. The van der Waals surface area contributed by atoms with Gasteiger partial charge < -0.3 is 9.64 Å². The summed E-state index contributed by atoms with van der Waals surface area (Å²) in [6.07, 6.45) is 1.06. The number of hydrogen-bond donors (Lipinski definition) is 0. The Morgan fingerprint density at radius 1 is 1.19 bits per heavy atom. The van der Waals surface area contributed by atoms with E-state index in [9.17, 15) is 13.2 Å². The Hall–Kier alpha value is -2.25. The van der Waals surface area contributed by atoms with Gasteiger partial charge in [0.25, 0.3) is 0 Å². The molecule has 0 aliphatic carbocycles. The maximum absolute atomic E-state index is 12.9. The van der Waals surface area contributed by atoms with Crippen molar-refractivity contribution in [2.45, 2.75) is 19.5 Å². The number of carbonyl (C=O) groups excluding carboxylic acids is 1. The van der Waals surface area contributed by atoms with Crippen molar-refractivity contribution in [2.24, 2.45) is 0 Å². The molecule has 146 valence electrons. The van der Waals surface area contributed by atoms with Crippen LogP contribution >= 0.6 is 11.6 Å². The van der Waals surface area contributed by atoms with E-state index in [1.165, 1.54) is 18.1 Å². The third-order valence-corrected chi connectivity index (χ3v) is 5.63. The SMILES string of the molecule is COc1ccc(N([C@H](C)C(=O)N(C)Cc2ccccc2)S(C)(=O)=O)cc1Cl. The highest BCUT2D eigenvalue weighted by atomic mass is 35.5. The molecule has 0 saturated carbocycles. The van der Waals surface area contributed by atoms with Gasteiger partial charge in [-0.2, -0.15) is 0 Å². The first-order valence-corrected chi connectivity index (χ1v) is 10.5. The van der Waals surface area contributed by atoms with E-state index in [0.29, 0.717) is 18.0 Å². The lowest BCUT2D eigenvalue weighted by molar-refractivity contribution is -0.131. The third-order valence-electron chi connectivity index (χ3n) is 4.10. The molecule has 27 heavy (non-hydrogen) atoms. The van der Waals surface area contributed by atoms with E-state index in [2.05, 4.69) is 0 Å². The zero-order chi connectivity index (χ0) is 20.2. The Bertz CT molecular complexity index is 903. The van der Waals surface area contributed by atoms with E-state index in [1.54, 1.807) is 26.1 Å². The molecule has 0 heterocycles. The number of benzene rings is 2. The number of sulfonamides is 1. The number of methoxy groups -OCH3 is 1. The summed E-state index contributed by atoms with van der Waals surface area (Å²) in [5.41, 5.74) is 1.26. The zero-order valence-corrected chi connectivity index (χ0v) is 17.3. The van der Waals surface area contributed by atoms with Crippen LogP contribution in [0.15, 0.2) is 48.5 Å². The predicted molar refractivity (Wildman–Crippen MR) is 108 cm³/mol. The molecule has 0 aliphatic rings. The summed E-state index contributed by atoms with van der Waals surface area (Å²) in [6.45, 7) is 1.94. The summed E-state index contributed by atoms with van der Waals surface area (Å²) in [4.78, 5) is 14.4. The Kier molecular flexibility index (Phi) is 6.73. The molecular formula is C19H23ClN2O4S. The second-order valence-electron chi connectivity index (χ2n) is 6.23. The van der Waals surface area contributed by atoms with Crippen LogP contribution in [0.2, 0.25) is 5.02 Å². The maximum Gasteiger partial charge on any atom is 0.246 e. The molecule has 0 fully saturated rings. The molecule has 2 rings (SSSR count). The number of nitrogens with zero attached hydrogens (tertiary/aromatic N) is 2. The molecule has 0 spiro atoms. The van der Waals surface area contributed by atoms with Crippen molar-refractivity contribution in [3.05, 3.63) is 59.1 Å². The molecule has 1 atom stereocenters. The molecule has 2 aromatic carbocycles. The minimum absolute atomic E-state index is 0.265. The first-order valence-electron chi connectivity index (χ1n) is 8.27. The van der Waals surface area contributed by atoms with Gasteiger partial charge in [-0.1, -0.05) is 41.9 Å². The number of halogens is 1. The van der Waals surface area contributed by atoms with Crippen molar-refractivity contribution in [3.8, 4) is 5.75 Å².